The molecule has 0 aliphatic rings. The molecule has 130 valence electrons. The van der Waals surface area contributed by atoms with Crippen LogP contribution in [0, 0.1) is 6.92 Å². The van der Waals surface area contributed by atoms with Crippen LogP contribution in [0.4, 0.5) is 0 Å². The topological polar surface area (TPSA) is 47.5 Å². The van der Waals surface area contributed by atoms with E-state index in [0.717, 1.165) is 28.2 Å². The van der Waals surface area contributed by atoms with Gasteiger partial charge in [0.1, 0.15) is 11.9 Å². The molecule has 0 fully saturated rings. The Bertz CT molecular complexity index is 1100. The average Bonchev–Trinajstić information content (AvgIpc) is 3.25. The minimum atomic E-state index is -0.0478. The molecule has 3 aromatic heterocycles. The standard InChI is InChI=1S/C20H14Cl2N2O2/c1-12-8-16(22)10-24-17(9-18(25)14-6-7-26-11-14)19(23-20(12)24)13-2-4-15(21)5-3-13/h2-8,10-11H,9H2,1H3. The van der Waals surface area contributed by atoms with Gasteiger partial charge < -0.3 is 8.82 Å². The first-order valence-corrected chi connectivity index (χ1v) is 8.77. The highest BCUT2D eigenvalue weighted by atomic mass is 35.5. The summed E-state index contributed by atoms with van der Waals surface area (Å²) in [5.41, 5.74) is 4.65. The van der Waals surface area contributed by atoms with Crippen LogP contribution in [0.1, 0.15) is 21.6 Å². The van der Waals surface area contributed by atoms with Gasteiger partial charge in [0, 0.05) is 16.8 Å². The summed E-state index contributed by atoms with van der Waals surface area (Å²) in [7, 11) is 0. The van der Waals surface area contributed by atoms with Crippen LogP contribution in [-0.2, 0) is 6.42 Å². The van der Waals surface area contributed by atoms with Gasteiger partial charge in [0.05, 0.1) is 34.7 Å². The molecule has 0 saturated heterocycles. The van der Waals surface area contributed by atoms with Crippen LogP contribution in [-0.4, -0.2) is 15.2 Å². The minimum absolute atomic E-state index is 0.0478. The number of pyridine rings is 1. The van der Waals surface area contributed by atoms with E-state index in [1.54, 1.807) is 12.3 Å². The first-order chi connectivity index (χ1) is 12.5. The number of nitrogens with zero attached hydrogens (tertiary/aromatic N) is 2. The van der Waals surface area contributed by atoms with Crippen molar-refractivity contribution in [1.29, 1.82) is 0 Å². The lowest BCUT2D eigenvalue weighted by atomic mass is 10.0. The lowest BCUT2D eigenvalue weighted by molar-refractivity contribution is 0.0991. The number of aryl methyl sites for hydroxylation is 1. The molecule has 6 heteroatoms. The number of hydrogen-bond donors (Lipinski definition) is 0. The second-order valence-electron chi connectivity index (χ2n) is 6.06. The van der Waals surface area contributed by atoms with Gasteiger partial charge in [0.15, 0.2) is 5.78 Å². The van der Waals surface area contributed by atoms with Crippen molar-refractivity contribution >= 4 is 34.6 Å². The van der Waals surface area contributed by atoms with Gasteiger partial charge in [-0.2, -0.15) is 0 Å². The number of fused-ring (bicyclic) bond motifs is 1. The van der Waals surface area contributed by atoms with Crippen LogP contribution in [0.25, 0.3) is 16.9 Å². The Kier molecular flexibility index (Phi) is 4.31. The molecule has 0 saturated carbocycles. The molecule has 0 aliphatic heterocycles. The molecular formula is C20H14Cl2N2O2. The van der Waals surface area contributed by atoms with Crippen molar-refractivity contribution in [2.24, 2.45) is 0 Å². The number of benzene rings is 1. The highest BCUT2D eigenvalue weighted by Gasteiger charge is 2.20. The number of halogens is 2. The van der Waals surface area contributed by atoms with Gasteiger partial charge in [-0.3, -0.25) is 4.79 Å². The number of imidazole rings is 1. The van der Waals surface area contributed by atoms with Crippen LogP contribution < -0.4 is 0 Å². The van der Waals surface area contributed by atoms with Crippen LogP contribution in [0.5, 0.6) is 0 Å². The van der Waals surface area contributed by atoms with Crippen molar-refractivity contribution in [3.63, 3.8) is 0 Å². The van der Waals surface area contributed by atoms with E-state index in [1.807, 2.05) is 41.7 Å². The molecule has 0 spiro atoms. The molecule has 4 aromatic rings. The molecule has 26 heavy (non-hydrogen) atoms. The Balaban J connectivity index is 1.91. The lowest BCUT2D eigenvalue weighted by Gasteiger charge is -2.06. The fourth-order valence-electron chi connectivity index (χ4n) is 3.00. The van der Waals surface area contributed by atoms with Crippen molar-refractivity contribution in [3.05, 3.63) is 82.0 Å². The summed E-state index contributed by atoms with van der Waals surface area (Å²) in [6, 6.07) is 10.9. The molecule has 0 amide bonds. The number of ketones is 1. The van der Waals surface area contributed by atoms with Crippen LogP contribution >= 0.6 is 23.2 Å². The highest BCUT2D eigenvalue weighted by molar-refractivity contribution is 6.31. The summed E-state index contributed by atoms with van der Waals surface area (Å²) in [4.78, 5) is 17.4. The highest BCUT2D eigenvalue weighted by Crippen LogP contribution is 2.29. The monoisotopic (exact) mass is 384 g/mol. The first-order valence-electron chi connectivity index (χ1n) is 8.01. The molecule has 0 unspecified atom stereocenters. The quantitative estimate of drug-likeness (QED) is 0.428. The van der Waals surface area contributed by atoms with Gasteiger partial charge in [-0.25, -0.2) is 4.98 Å². The van der Waals surface area contributed by atoms with Crippen LogP contribution in [0.2, 0.25) is 10.0 Å². The third kappa shape index (κ3) is 3.02. The largest absolute Gasteiger partial charge is 0.472 e. The van der Waals surface area contributed by atoms with E-state index in [2.05, 4.69) is 0 Å². The van der Waals surface area contributed by atoms with Crippen molar-refractivity contribution in [2.75, 3.05) is 0 Å². The average molecular weight is 385 g/mol. The van der Waals surface area contributed by atoms with Gasteiger partial charge in [0.2, 0.25) is 0 Å². The molecule has 0 aliphatic carbocycles. The lowest BCUT2D eigenvalue weighted by Crippen LogP contribution is -2.06. The van der Waals surface area contributed by atoms with Gasteiger partial charge in [-0.1, -0.05) is 35.3 Å². The zero-order valence-electron chi connectivity index (χ0n) is 13.9. The van der Waals surface area contributed by atoms with Crippen molar-refractivity contribution in [3.8, 4) is 11.3 Å². The SMILES string of the molecule is Cc1cc(Cl)cn2c(CC(=O)c3ccoc3)c(-c3ccc(Cl)cc3)nc12. The minimum Gasteiger partial charge on any atom is -0.472 e. The Morgan fingerprint density at radius 3 is 2.62 bits per heavy atom. The molecule has 0 bridgehead atoms. The van der Waals surface area contributed by atoms with Gasteiger partial charge in [0.25, 0.3) is 0 Å². The number of carbonyl (C=O) groups excluding carboxylic acids is 1. The summed E-state index contributed by atoms with van der Waals surface area (Å²) in [6.45, 7) is 1.95. The third-order valence-electron chi connectivity index (χ3n) is 4.26. The number of Topliss-reactive ketones (excluding diaryl/α,β-unsaturated/α-hetero) is 1. The fraction of sp³-hybridized carbons (Fsp3) is 0.100. The molecule has 4 rings (SSSR count). The van der Waals surface area contributed by atoms with Gasteiger partial charge in [-0.15, -0.1) is 0 Å². The zero-order chi connectivity index (χ0) is 18.3. The number of furan rings is 1. The zero-order valence-corrected chi connectivity index (χ0v) is 15.4. The van der Waals surface area contributed by atoms with E-state index in [-0.39, 0.29) is 12.2 Å². The Morgan fingerprint density at radius 1 is 1.15 bits per heavy atom. The first kappa shape index (κ1) is 16.9. The van der Waals surface area contributed by atoms with E-state index in [4.69, 9.17) is 32.6 Å². The Morgan fingerprint density at radius 2 is 1.92 bits per heavy atom. The molecule has 4 nitrogen and oxygen atoms in total. The number of rotatable bonds is 4. The smallest absolute Gasteiger partial charge is 0.172 e. The van der Waals surface area contributed by atoms with E-state index < -0.39 is 0 Å². The number of aromatic nitrogens is 2. The Hall–Kier alpha value is -2.56. The normalized spacial score (nSPS) is 11.2. The molecular weight excluding hydrogens is 371 g/mol. The molecule has 0 atom stereocenters. The van der Waals surface area contributed by atoms with Crippen molar-refractivity contribution in [1.82, 2.24) is 9.38 Å². The molecule has 3 heterocycles. The van der Waals surface area contributed by atoms with Gasteiger partial charge in [-0.05, 0) is 36.8 Å². The predicted octanol–water partition coefficient (Wildman–Crippen LogP) is 5.63. The number of carbonyl (C=O) groups is 1. The summed E-state index contributed by atoms with van der Waals surface area (Å²) >= 11 is 12.3. The molecule has 0 radical (unpaired) electrons. The fourth-order valence-corrected chi connectivity index (χ4v) is 3.39. The second kappa shape index (κ2) is 6.63. The third-order valence-corrected chi connectivity index (χ3v) is 4.72. The Labute approximate surface area is 160 Å². The van der Waals surface area contributed by atoms with E-state index in [0.29, 0.717) is 15.6 Å². The maximum Gasteiger partial charge on any atom is 0.172 e. The summed E-state index contributed by atoms with van der Waals surface area (Å²) < 4.78 is 6.92. The molecule has 1 aromatic carbocycles. The maximum atomic E-state index is 12.7. The van der Waals surface area contributed by atoms with Gasteiger partial charge >= 0.3 is 0 Å². The van der Waals surface area contributed by atoms with E-state index in [9.17, 15) is 4.79 Å². The van der Waals surface area contributed by atoms with E-state index >= 15 is 0 Å². The summed E-state index contributed by atoms with van der Waals surface area (Å²) in [6.07, 6.45) is 4.90. The molecule has 0 N–H and O–H groups in total. The van der Waals surface area contributed by atoms with Crippen molar-refractivity contribution in [2.45, 2.75) is 13.3 Å². The number of hydrogen-bond acceptors (Lipinski definition) is 3. The van der Waals surface area contributed by atoms with Crippen molar-refractivity contribution < 1.29 is 9.21 Å². The predicted molar refractivity (Wildman–Crippen MR) is 102 cm³/mol. The second-order valence-corrected chi connectivity index (χ2v) is 6.93. The summed E-state index contributed by atoms with van der Waals surface area (Å²) in [5, 5.41) is 1.24. The van der Waals surface area contributed by atoms with Crippen LogP contribution in [0.15, 0.2) is 59.5 Å². The van der Waals surface area contributed by atoms with E-state index in [1.165, 1.54) is 12.5 Å². The van der Waals surface area contributed by atoms with Crippen LogP contribution in [0.3, 0.4) is 0 Å². The maximum absolute atomic E-state index is 12.7. The summed E-state index contributed by atoms with van der Waals surface area (Å²) in [5.74, 6) is -0.0478.